The number of carbonyl (C=O) groups excluding carboxylic acids is 2. The number of benzene rings is 1. The molecule has 2 saturated heterocycles. The Hall–Kier alpha value is -1.94. The highest BCUT2D eigenvalue weighted by molar-refractivity contribution is 9.10. The van der Waals surface area contributed by atoms with Crippen LogP contribution in [0.15, 0.2) is 39.4 Å². The van der Waals surface area contributed by atoms with Gasteiger partial charge >= 0.3 is 7.12 Å². The number of allylic oxidation sites excluding steroid dienone is 1. The number of likely N-dealkylation sites (tertiary alicyclic amines) is 1. The van der Waals surface area contributed by atoms with Gasteiger partial charge in [0, 0.05) is 23.2 Å². The van der Waals surface area contributed by atoms with Crippen molar-refractivity contribution in [2.75, 3.05) is 13.7 Å². The number of aromatic hydroxyl groups is 1. The summed E-state index contributed by atoms with van der Waals surface area (Å²) < 4.78 is 12.5. The summed E-state index contributed by atoms with van der Waals surface area (Å²) in [5.74, 6) is -0.917. The van der Waals surface area contributed by atoms with Crippen molar-refractivity contribution < 1.29 is 29.1 Å². The molecule has 0 unspecified atom stereocenters. The topological polar surface area (TPSA) is 96.3 Å². The molecule has 0 radical (unpaired) electrons. The third-order valence-electron chi connectivity index (χ3n) is 8.79. The van der Waals surface area contributed by atoms with Crippen LogP contribution in [-0.4, -0.2) is 59.8 Å². The van der Waals surface area contributed by atoms with Gasteiger partial charge in [0.15, 0.2) is 0 Å². The van der Waals surface area contributed by atoms with Crippen molar-refractivity contribution in [3.63, 3.8) is 0 Å². The van der Waals surface area contributed by atoms with Crippen LogP contribution in [0.4, 0.5) is 0 Å². The molecule has 7 nitrogen and oxygen atoms in total. The predicted molar refractivity (Wildman–Crippen MR) is 149 cm³/mol. The van der Waals surface area contributed by atoms with Crippen LogP contribution in [0.25, 0.3) is 6.08 Å². The largest absolute Gasteiger partial charge is 0.507 e. The van der Waals surface area contributed by atoms with E-state index in [1.54, 1.807) is 24.1 Å². The molecule has 1 saturated carbocycles. The fraction of sp³-hybridized carbons (Fsp3) is 0.586. The van der Waals surface area contributed by atoms with Gasteiger partial charge in [-0.15, -0.1) is 0 Å². The Morgan fingerprint density at radius 1 is 1.21 bits per heavy atom. The second-order valence-electron chi connectivity index (χ2n) is 11.3. The number of halogens is 1. The van der Waals surface area contributed by atoms with Gasteiger partial charge in [-0.2, -0.15) is 0 Å². The number of hydrogen-bond donors (Lipinski definition) is 2. The number of imide groups is 1. The van der Waals surface area contributed by atoms with Crippen LogP contribution in [0.3, 0.4) is 0 Å². The van der Waals surface area contributed by atoms with Crippen LogP contribution in [0, 0.1) is 17.8 Å². The number of carbonyl (C=O) groups is 2. The number of amides is 2. The van der Waals surface area contributed by atoms with Gasteiger partial charge in [0.2, 0.25) is 11.8 Å². The van der Waals surface area contributed by atoms with Crippen LogP contribution in [0.2, 0.25) is 6.32 Å². The first-order valence-corrected chi connectivity index (χ1v) is 14.6. The third-order valence-corrected chi connectivity index (χ3v) is 9.29. The molecule has 2 amide bonds. The Morgan fingerprint density at radius 3 is 2.71 bits per heavy atom. The number of fused-ring (bicyclic) bond motifs is 3. The number of phenols is 1. The van der Waals surface area contributed by atoms with Gasteiger partial charge in [-0.1, -0.05) is 46.8 Å². The number of methoxy groups -OCH3 is 1. The van der Waals surface area contributed by atoms with Crippen molar-refractivity contribution in [1.82, 2.24) is 4.90 Å². The molecular weight excluding hydrogens is 549 g/mol. The van der Waals surface area contributed by atoms with Gasteiger partial charge in [-0.05, 0) is 80.6 Å². The van der Waals surface area contributed by atoms with Crippen LogP contribution >= 0.6 is 15.9 Å². The number of rotatable bonds is 7. The lowest BCUT2D eigenvalue weighted by atomic mass is 9.58. The minimum absolute atomic E-state index is 0.00598. The van der Waals surface area contributed by atoms with Crippen molar-refractivity contribution in [1.29, 1.82) is 0 Å². The van der Waals surface area contributed by atoms with E-state index in [-0.39, 0.29) is 41.5 Å². The zero-order valence-electron chi connectivity index (χ0n) is 22.2. The molecule has 4 aliphatic rings. The normalized spacial score (nSPS) is 28.7. The maximum Gasteiger partial charge on any atom is 0.455 e. The minimum atomic E-state index is -0.985. The quantitative estimate of drug-likeness (QED) is 0.262. The van der Waals surface area contributed by atoms with Crippen LogP contribution in [0.5, 0.6) is 5.75 Å². The molecule has 5 rings (SSSR count). The Labute approximate surface area is 233 Å². The predicted octanol–water partition coefficient (Wildman–Crippen LogP) is 5.11. The van der Waals surface area contributed by atoms with Crippen molar-refractivity contribution >= 4 is 40.9 Å². The molecule has 2 heterocycles. The molecule has 4 atom stereocenters. The van der Waals surface area contributed by atoms with Crippen molar-refractivity contribution in [2.24, 2.45) is 17.8 Å². The summed E-state index contributed by atoms with van der Waals surface area (Å²) >= 11 is 3.45. The molecule has 1 aromatic carbocycles. The molecule has 3 fully saturated rings. The van der Waals surface area contributed by atoms with Gasteiger partial charge in [0.1, 0.15) is 5.75 Å². The molecule has 2 aliphatic carbocycles. The van der Waals surface area contributed by atoms with Gasteiger partial charge in [0.05, 0.1) is 24.5 Å². The number of ether oxygens (including phenoxy) is 1. The van der Waals surface area contributed by atoms with Crippen LogP contribution < -0.4 is 0 Å². The summed E-state index contributed by atoms with van der Waals surface area (Å²) in [5.41, 5.74) is 3.88. The molecule has 2 N–H and O–H groups in total. The number of nitrogens with zero attached hydrogens (tertiary/aromatic N) is 1. The van der Waals surface area contributed by atoms with E-state index < -0.39 is 13.0 Å². The lowest BCUT2D eigenvalue weighted by Gasteiger charge is -2.43. The van der Waals surface area contributed by atoms with E-state index in [0.717, 1.165) is 58.9 Å². The molecular formula is C29H37BBrNO6. The lowest BCUT2D eigenvalue weighted by molar-refractivity contribution is -0.143. The molecule has 9 heteroatoms. The molecule has 2 aliphatic heterocycles. The van der Waals surface area contributed by atoms with Gasteiger partial charge in [0.25, 0.3) is 0 Å². The first-order chi connectivity index (χ1) is 18.3. The highest BCUT2D eigenvalue weighted by Gasteiger charge is 2.58. The molecule has 0 spiro atoms. The average Bonchev–Trinajstić information content (AvgIpc) is 3.14. The maximum absolute atomic E-state index is 13.8. The van der Waals surface area contributed by atoms with Gasteiger partial charge in [-0.3, -0.25) is 14.5 Å². The van der Waals surface area contributed by atoms with Crippen LogP contribution in [-0.2, 0) is 19.0 Å². The molecule has 204 valence electrons. The lowest BCUT2D eigenvalue weighted by Crippen LogP contribution is -2.47. The SMILES string of the molecule is COCC1=C2[C@@H](CC/C(C)=C/c3cc(Br)ccc3O)OB(O)C[C@@H]2[C@@H]2C(=O)N(C3CCCCC3)C(=O)[C@@H]2C1. The summed E-state index contributed by atoms with van der Waals surface area (Å²) in [4.78, 5) is 29.0. The molecule has 0 bridgehead atoms. The Bertz CT molecular complexity index is 1150. The third kappa shape index (κ3) is 5.40. The summed E-state index contributed by atoms with van der Waals surface area (Å²) in [7, 11) is 0.663. The van der Waals surface area contributed by atoms with Crippen molar-refractivity contribution in [2.45, 2.75) is 76.8 Å². The summed E-state index contributed by atoms with van der Waals surface area (Å²) in [6, 6.07) is 5.33. The van der Waals surface area contributed by atoms with Gasteiger partial charge in [-0.25, -0.2) is 0 Å². The second-order valence-corrected chi connectivity index (χ2v) is 12.2. The number of phenolic OH excluding ortho intramolecular Hbond substituents is 1. The summed E-state index contributed by atoms with van der Waals surface area (Å²) in [6.07, 6.45) is 8.78. The molecule has 0 aromatic heterocycles. The fourth-order valence-corrected chi connectivity index (χ4v) is 7.51. The zero-order chi connectivity index (χ0) is 27.0. The Kier molecular flexibility index (Phi) is 8.48. The summed E-state index contributed by atoms with van der Waals surface area (Å²) in [5, 5.41) is 21.0. The van der Waals surface area contributed by atoms with E-state index in [1.165, 1.54) is 0 Å². The maximum atomic E-state index is 13.8. The Balaban J connectivity index is 1.40. The molecule has 38 heavy (non-hydrogen) atoms. The van der Waals surface area contributed by atoms with Crippen molar-refractivity contribution in [3.8, 4) is 5.75 Å². The number of hydrogen-bond acceptors (Lipinski definition) is 6. The van der Waals surface area contributed by atoms with E-state index >= 15 is 0 Å². The fourth-order valence-electron chi connectivity index (χ4n) is 7.13. The first kappa shape index (κ1) is 27.6. The Morgan fingerprint density at radius 2 is 1.97 bits per heavy atom. The standard InChI is InChI=1S/C29H37BBrNO6/c1-17(12-18-13-20(31)9-10-24(18)33)8-11-25-26-19(16-37-2)14-22-27(23(26)15-30(36)38-25)29(35)32(28(22)34)21-6-4-3-5-7-21/h9-10,12-13,21-23,25,27,33,36H,3-8,11,14-16H2,1-2H3/b17-12+/t22-,23+,25-,27-/m1/s1. The first-order valence-electron chi connectivity index (χ1n) is 13.8. The van der Waals surface area contributed by atoms with Crippen molar-refractivity contribution in [3.05, 3.63) is 45.0 Å². The van der Waals surface area contributed by atoms with E-state index in [9.17, 15) is 19.7 Å². The zero-order valence-corrected chi connectivity index (χ0v) is 23.8. The van der Waals surface area contributed by atoms with Crippen LogP contribution in [0.1, 0.15) is 63.9 Å². The van der Waals surface area contributed by atoms with Gasteiger partial charge < -0.3 is 19.5 Å². The van der Waals surface area contributed by atoms with E-state index in [1.807, 2.05) is 19.1 Å². The highest BCUT2D eigenvalue weighted by Crippen LogP contribution is 2.51. The average molecular weight is 586 g/mol. The smallest absolute Gasteiger partial charge is 0.455 e. The highest BCUT2D eigenvalue weighted by atomic mass is 79.9. The van der Waals surface area contributed by atoms with E-state index in [2.05, 4.69) is 15.9 Å². The summed E-state index contributed by atoms with van der Waals surface area (Å²) in [6.45, 7) is 2.40. The minimum Gasteiger partial charge on any atom is -0.507 e. The van der Waals surface area contributed by atoms with E-state index in [4.69, 9.17) is 9.39 Å². The second kappa shape index (κ2) is 11.7. The molecule has 1 aromatic rings. The monoisotopic (exact) mass is 585 g/mol. The van der Waals surface area contributed by atoms with E-state index in [0.29, 0.717) is 32.2 Å².